The fourth-order valence-electron chi connectivity index (χ4n) is 2.27. The van der Waals surface area contributed by atoms with Gasteiger partial charge in [-0.2, -0.15) is 0 Å². The first-order chi connectivity index (χ1) is 12.1. The van der Waals surface area contributed by atoms with Gasteiger partial charge in [-0.05, 0) is 47.2 Å². The second-order valence-corrected chi connectivity index (χ2v) is 5.86. The maximum atomic E-state index is 9.56. The summed E-state index contributed by atoms with van der Waals surface area (Å²) in [5, 5.41) is 0. The minimum atomic E-state index is 0.267. The van der Waals surface area contributed by atoms with E-state index in [1.54, 1.807) is 7.11 Å². The zero-order valence-electron chi connectivity index (χ0n) is 15.3. The second-order valence-electron chi connectivity index (χ2n) is 5.86. The van der Waals surface area contributed by atoms with E-state index in [4.69, 9.17) is 10.5 Å². The lowest BCUT2D eigenvalue weighted by atomic mass is 10.0. The zero-order valence-corrected chi connectivity index (χ0v) is 15.3. The van der Waals surface area contributed by atoms with Crippen molar-refractivity contribution in [1.82, 2.24) is 0 Å². The smallest absolute Gasteiger partial charge is 0.146 e. The molecule has 2 aromatic rings. The lowest BCUT2D eigenvalue weighted by molar-refractivity contribution is -0.104. The molecule has 0 spiro atoms. The van der Waals surface area contributed by atoms with Crippen LogP contribution >= 0.6 is 0 Å². The number of carbonyl (C=O) groups excluding carboxylic acids is 1. The van der Waals surface area contributed by atoms with Gasteiger partial charge >= 0.3 is 0 Å². The Labute approximate surface area is 151 Å². The summed E-state index contributed by atoms with van der Waals surface area (Å²) >= 11 is 0. The number of hydrogen-bond acceptors (Lipinski definition) is 3. The first kappa shape index (κ1) is 20.7. The summed E-state index contributed by atoms with van der Waals surface area (Å²) in [4.78, 5) is 9.56. The minimum absolute atomic E-state index is 0.267. The molecule has 0 unspecified atom stereocenters. The molecule has 2 rings (SSSR count). The first-order valence-electron chi connectivity index (χ1n) is 8.71. The van der Waals surface area contributed by atoms with Crippen LogP contribution in [0.1, 0.15) is 31.7 Å². The van der Waals surface area contributed by atoms with Crippen molar-refractivity contribution in [1.29, 1.82) is 0 Å². The lowest BCUT2D eigenvalue weighted by Gasteiger charge is -2.06. The van der Waals surface area contributed by atoms with E-state index in [9.17, 15) is 4.79 Å². The van der Waals surface area contributed by atoms with Gasteiger partial charge in [0.2, 0.25) is 0 Å². The molecule has 25 heavy (non-hydrogen) atoms. The normalized spacial score (nSPS) is 9.72. The summed E-state index contributed by atoms with van der Waals surface area (Å²) in [6.45, 7) is 5.81. The van der Waals surface area contributed by atoms with Gasteiger partial charge in [0.15, 0.2) is 0 Å². The molecule has 0 aromatic heterocycles. The molecule has 0 aliphatic rings. The molecule has 0 heterocycles. The predicted molar refractivity (Wildman–Crippen MR) is 106 cm³/mol. The van der Waals surface area contributed by atoms with Crippen molar-refractivity contribution in [3.8, 4) is 16.9 Å². The Balaban J connectivity index is 0.000000450. The minimum Gasteiger partial charge on any atom is -0.497 e. The number of aldehydes is 1. The molecule has 0 bridgehead atoms. The predicted octanol–water partition coefficient (Wildman–Crippen LogP) is 4.80. The second kappa shape index (κ2) is 12.0. The summed E-state index contributed by atoms with van der Waals surface area (Å²) in [5.41, 5.74) is 9.33. The van der Waals surface area contributed by atoms with E-state index in [1.165, 1.54) is 42.4 Å². The monoisotopic (exact) mass is 339 g/mol. The van der Waals surface area contributed by atoms with Crippen LogP contribution in [0, 0.1) is 0 Å². The molecular weight excluding hydrogens is 310 g/mol. The summed E-state index contributed by atoms with van der Waals surface area (Å²) in [6, 6.07) is 17.1. The molecule has 0 saturated heterocycles. The van der Waals surface area contributed by atoms with Gasteiger partial charge < -0.3 is 10.5 Å². The van der Waals surface area contributed by atoms with Crippen LogP contribution in [0.5, 0.6) is 5.75 Å². The molecule has 0 atom stereocenters. The topological polar surface area (TPSA) is 52.3 Å². The van der Waals surface area contributed by atoms with Gasteiger partial charge in [0, 0.05) is 6.54 Å². The molecule has 3 nitrogen and oxygen atoms in total. The van der Waals surface area contributed by atoms with Crippen molar-refractivity contribution in [3.63, 3.8) is 0 Å². The van der Waals surface area contributed by atoms with Crippen molar-refractivity contribution >= 4 is 6.29 Å². The highest BCUT2D eigenvalue weighted by Crippen LogP contribution is 2.23. The van der Waals surface area contributed by atoms with Gasteiger partial charge in [-0.25, -0.2) is 0 Å². The van der Waals surface area contributed by atoms with Gasteiger partial charge in [-0.3, -0.25) is 4.79 Å². The Hall–Kier alpha value is -2.39. The molecule has 2 N–H and O–H groups in total. The molecule has 0 amide bonds. The maximum Gasteiger partial charge on any atom is 0.146 e. The third kappa shape index (κ3) is 7.81. The number of aryl methyl sites for hydroxylation is 1. The fraction of sp³-hybridized carbons (Fsp3) is 0.318. The molecule has 3 heteroatoms. The largest absolute Gasteiger partial charge is 0.497 e. The summed E-state index contributed by atoms with van der Waals surface area (Å²) < 4.78 is 5.18. The van der Waals surface area contributed by atoms with E-state index in [-0.39, 0.29) is 6.54 Å². The van der Waals surface area contributed by atoms with Crippen LogP contribution in [0.25, 0.3) is 11.1 Å². The molecule has 0 saturated carbocycles. The third-order valence-electron chi connectivity index (χ3n) is 3.88. The zero-order chi connectivity index (χ0) is 18.5. The van der Waals surface area contributed by atoms with Crippen LogP contribution in [-0.2, 0) is 11.2 Å². The van der Waals surface area contributed by atoms with E-state index in [2.05, 4.69) is 49.9 Å². The number of ether oxygens (including phenoxy) is 1. The molecule has 0 fully saturated rings. The lowest BCUT2D eigenvalue weighted by Crippen LogP contribution is -2.01. The molecule has 2 aromatic carbocycles. The number of benzene rings is 2. The molecule has 134 valence electrons. The Bertz CT molecular complexity index is 630. The van der Waals surface area contributed by atoms with Gasteiger partial charge in [0.1, 0.15) is 12.0 Å². The van der Waals surface area contributed by atoms with E-state index in [0.29, 0.717) is 11.9 Å². The number of carbonyl (C=O) groups is 1. The highest BCUT2D eigenvalue weighted by molar-refractivity contribution is 5.72. The van der Waals surface area contributed by atoms with E-state index in [1.807, 2.05) is 12.1 Å². The Morgan fingerprint density at radius 3 is 2.00 bits per heavy atom. The van der Waals surface area contributed by atoms with Crippen LogP contribution in [-0.4, -0.2) is 19.9 Å². The van der Waals surface area contributed by atoms with Crippen LogP contribution < -0.4 is 10.5 Å². The summed E-state index contributed by atoms with van der Waals surface area (Å²) in [6.07, 6.45) is 5.74. The summed E-state index contributed by atoms with van der Waals surface area (Å²) in [5.74, 6) is 0.903. The summed E-state index contributed by atoms with van der Waals surface area (Å²) in [7, 11) is 1.69. The van der Waals surface area contributed by atoms with Gasteiger partial charge in [0.25, 0.3) is 0 Å². The molecule has 0 aliphatic carbocycles. The quantitative estimate of drug-likeness (QED) is 0.427. The van der Waals surface area contributed by atoms with Crippen molar-refractivity contribution < 1.29 is 9.53 Å². The first-order valence-corrected chi connectivity index (χ1v) is 8.71. The standard InChI is InChI=1S/C18H22O.C4H7NO/c1-3-4-5-6-15-7-9-16(10-8-15)17-11-13-18(19-2)14-12-17;1-4(2-5)3-6/h7-14H,3-6H2,1-2H3;3H,1-2,5H2. The number of methoxy groups -OCH3 is 1. The van der Waals surface area contributed by atoms with Crippen molar-refractivity contribution in [2.24, 2.45) is 5.73 Å². The number of rotatable bonds is 8. The highest BCUT2D eigenvalue weighted by Gasteiger charge is 1.99. The fourth-order valence-corrected chi connectivity index (χ4v) is 2.27. The van der Waals surface area contributed by atoms with E-state index < -0.39 is 0 Å². The number of nitrogens with two attached hydrogens (primary N) is 1. The van der Waals surface area contributed by atoms with Gasteiger partial charge in [-0.1, -0.05) is 62.7 Å². The van der Waals surface area contributed by atoms with Gasteiger partial charge in [0.05, 0.1) is 7.11 Å². The maximum absolute atomic E-state index is 9.56. The average Bonchev–Trinajstić information content (AvgIpc) is 2.68. The van der Waals surface area contributed by atoms with E-state index >= 15 is 0 Å². The van der Waals surface area contributed by atoms with Crippen LogP contribution in [0.3, 0.4) is 0 Å². The van der Waals surface area contributed by atoms with Crippen molar-refractivity contribution in [2.45, 2.75) is 32.6 Å². The van der Waals surface area contributed by atoms with Gasteiger partial charge in [-0.15, -0.1) is 0 Å². The molecular formula is C22H29NO2. The SMILES string of the molecule is C=C(C=O)CN.CCCCCc1ccc(-c2ccc(OC)cc2)cc1. The Morgan fingerprint density at radius 1 is 1.04 bits per heavy atom. The Morgan fingerprint density at radius 2 is 1.60 bits per heavy atom. The van der Waals surface area contributed by atoms with Crippen LogP contribution in [0.4, 0.5) is 0 Å². The van der Waals surface area contributed by atoms with E-state index in [0.717, 1.165) is 5.75 Å². The number of hydrogen-bond donors (Lipinski definition) is 1. The van der Waals surface area contributed by atoms with Crippen LogP contribution in [0.15, 0.2) is 60.7 Å². The van der Waals surface area contributed by atoms with Crippen molar-refractivity contribution in [3.05, 3.63) is 66.2 Å². The van der Waals surface area contributed by atoms with Crippen molar-refractivity contribution in [2.75, 3.05) is 13.7 Å². The molecule has 0 aliphatic heterocycles. The van der Waals surface area contributed by atoms with Crippen LogP contribution in [0.2, 0.25) is 0 Å². The third-order valence-corrected chi connectivity index (χ3v) is 3.88. The number of unbranched alkanes of at least 4 members (excludes halogenated alkanes) is 2. The molecule has 0 radical (unpaired) electrons. The highest BCUT2D eigenvalue weighted by atomic mass is 16.5. The Kier molecular flexibility index (Phi) is 9.95. The average molecular weight is 339 g/mol.